The molecule has 0 bridgehead atoms. The summed E-state index contributed by atoms with van der Waals surface area (Å²) < 4.78 is 16.1. The molecule has 0 aromatic heterocycles. The van der Waals surface area contributed by atoms with Gasteiger partial charge in [0.25, 0.3) is 0 Å². The third-order valence-corrected chi connectivity index (χ3v) is 3.77. The van der Waals surface area contributed by atoms with Crippen molar-refractivity contribution in [1.82, 2.24) is 4.90 Å². The summed E-state index contributed by atoms with van der Waals surface area (Å²) in [5.41, 5.74) is 0. The predicted octanol–water partition coefficient (Wildman–Crippen LogP) is 2.50. The third-order valence-electron chi connectivity index (χ3n) is 1.82. The van der Waals surface area contributed by atoms with Gasteiger partial charge in [0.2, 0.25) is 5.91 Å². The minimum Gasteiger partial charge on any atom is 0 e. The fourth-order valence-electron chi connectivity index (χ4n) is 1.17. The summed E-state index contributed by atoms with van der Waals surface area (Å²) in [4.78, 5) is 13.0. The first-order valence-corrected chi connectivity index (χ1v) is 12.3. The zero-order valence-electron chi connectivity index (χ0n) is 12.5. The topological polar surface area (TPSA) is 68.0 Å². The molecular formula is C9H15FN3OS4UVWY2-3. The fourth-order valence-corrected chi connectivity index (χ4v) is 1.80. The van der Waals surface area contributed by atoms with Crippen molar-refractivity contribution in [3.8, 4) is 6.07 Å². The minimum atomic E-state index is -1.53. The van der Waals surface area contributed by atoms with Crippen LogP contribution in [0.5, 0.6) is 0 Å². The first-order chi connectivity index (χ1) is 8.93. The Morgan fingerprint density at radius 1 is 1.65 bits per heavy atom. The maximum atomic E-state index is 11.5. The van der Waals surface area contributed by atoms with Crippen molar-refractivity contribution in [1.29, 1.82) is 10.0 Å². The van der Waals surface area contributed by atoms with Crippen molar-refractivity contribution in [2.24, 2.45) is 0 Å². The summed E-state index contributed by atoms with van der Waals surface area (Å²) in [5, 5.41) is 8.72. The van der Waals surface area contributed by atoms with Crippen molar-refractivity contribution in [2.45, 2.75) is 30.9 Å². The second-order valence-corrected chi connectivity index (χ2v) is 8.51. The number of carbonyl (C=O) groups is 1. The third kappa shape index (κ3) is 22.8. The zero-order valence-corrected chi connectivity index (χ0v) is 30.0. The van der Waals surface area contributed by atoms with Gasteiger partial charge >= 0.3 is 34.9 Å². The average Bonchev–Trinajstić information content (AvgIpc) is 2.86. The molecule has 1 rings (SSSR count). The number of nitriles is 1. The van der Waals surface area contributed by atoms with E-state index in [0.29, 0.717) is 31.0 Å². The van der Waals surface area contributed by atoms with Gasteiger partial charge in [-0.25, -0.2) is 0 Å². The Morgan fingerprint density at radius 3 is 2.35 bits per heavy atom. The Morgan fingerprint density at radius 2 is 2.04 bits per heavy atom. The molecule has 0 spiro atoms. The van der Waals surface area contributed by atoms with E-state index in [9.17, 15) is 8.68 Å². The van der Waals surface area contributed by atoms with E-state index < -0.39 is 12.9 Å². The molecule has 1 N–H and O–H groups in total. The van der Waals surface area contributed by atoms with Gasteiger partial charge in [-0.05, 0) is 4.58 Å². The standard InChI is InChI=1S/C7H9N2OS3.C2H6.FHNS.U.V.W.2Y/c8-4-5-2-1-3-9(5)6(10)7(11)13-12;1-2;1-3-2;;;;;/h1,5,7,11-12H,2-3H2;1-2H3;2H;;;;;/q-1;;+1;;;-2;;/p-1. The molecule has 1 amide bonds. The van der Waals surface area contributed by atoms with Gasteiger partial charge in [0, 0.05) is 115 Å². The van der Waals surface area contributed by atoms with Gasteiger partial charge in [-0.15, -0.1) is 35.4 Å². The molecule has 1 saturated heterocycles. The molecule has 1 aliphatic heterocycles. The molecule has 14 heteroatoms. The minimum absolute atomic E-state index is 0. The molecule has 0 aromatic carbocycles. The Labute approximate surface area is 250 Å². The van der Waals surface area contributed by atoms with Crippen LogP contribution in [0.1, 0.15) is 20.3 Å². The zero-order chi connectivity index (χ0) is 15.4. The van der Waals surface area contributed by atoms with Crippen LogP contribution in [0.3, 0.4) is 0 Å². The molecule has 1 heterocycles. The van der Waals surface area contributed by atoms with Crippen LogP contribution in [-0.2, 0) is 128 Å². The Kier molecular flexibility index (Phi) is 52.5. The molecule has 0 aliphatic carbocycles. The molecule has 127 valence electrons. The van der Waals surface area contributed by atoms with Crippen LogP contribution >= 0.6 is 22.5 Å². The van der Waals surface area contributed by atoms with E-state index in [1.807, 2.05) is 20.3 Å². The van der Waals surface area contributed by atoms with Crippen LogP contribution in [0.25, 0.3) is 0 Å². The van der Waals surface area contributed by atoms with Gasteiger partial charge in [0.05, 0.1) is 12.1 Å². The second-order valence-electron chi connectivity index (χ2n) is 2.82. The van der Waals surface area contributed by atoms with Gasteiger partial charge in [0.1, 0.15) is 0 Å². The van der Waals surface area contributed by atoms with Crippen LogP contribution in [0.15, 0.2) is 0 Å². The molecular weight excluding hydrogens is 964 g/mol. The monoisotopic (exact) mass is 979 g/mol. The van der Waals surface area contributed by atoms with Crippen LogP contribution in [0.4, 0.5) is 3.89 Å². The van der Waals surface area contributed by atoms with E-state index in [2.05, 4.69) is 17.7 Å². The largest absolute Gasteiger partial charge is 0 e. The molecule has 2 atom stereocenters. The summed E-state index contributed by atoms with van der Waals surface area (Å²) in [6, 6.07) is 1.73. The van der Waals surface area contributed by atoms with Gasteiger partial charge < -0.3 is 23.9 Å². The molecule has 1 aliphatic rings. The van der Waals surface area contributed by atoms with Crippen LogP contribution in [-0.4, -0.2) is 28.0 Å². The van der Waals surface area contributed by atoms with E-state index in [1.165, 1.54) is 4.90 Å². The summed E-state index contributed by atoms with van der Waals surface area (Å²) >= 11 is 9.45. The number of hydrogen-bond acceptors (Lipinski definition) is 7. The van der Waals surface area contributed by atoms with Crippen molar-refractivity contribution in [3.05, 3.63) is 6.42 Å². The number of rotatable bonds is 2. The number of halogens is 1. The second kappa shape index (κ2) is 28.8. The number of amides is 1. The van der Waals surface area contributed by atoms with Gasteiger partial charge in [-0.3, -0.25) is 4.79 Å². The van der Waals surface area contributed by atoms with Gasteiger partial charge in [-0.1, -0.05) is 13.8 Å². The quantitative estimate of drug-likeness (QED) is 0.194. The Balaban J connectivity index is -0.0000000640. The molecule has 4 nitrogen and oxygen atoms in total. The molecule has 2 unspecified atom stereocenters. The van der Waals surface area contributed by atoms with Gasteiger partial charge in [0.15, 0.2) is 0 Å². The number of nitrogens with zero attached hydrogens (tertiary/aromatic N) is 2. The molecule has 0 saturated carbocycles. The number of thiol groups is 1. The van der Waals surface area contributed by atoms with E-state index in [-0.39, 0.29) is 127 Å². The van der Waals surface area contributed by atoms with Crippen molar-refractivity contribution in [2.75, 3.05) is 6.54 Å². The normalized spacial score (nSPS) is 15.3. The first-order valence-electron chi connectivity index (χ1n) is 5.21. The number of carbonyl (C=O) groups excluding carboxylic acids is 1. The number of nitrogens with one attached hydrogen (secondary N) is 1. The Bertz CT molecular complexity index is 388. The van der Waals surface area contributed by atoms with E-state index in [4.69, 9.17) is 22.7 Å². The molecule has 1 fully saturated rings. The van der Waals surface area contributed by atoms with Crippen molar-refractivity contribution in [3.63, 3.8) is 0 Å². The molecule has 3 radical (unpaired) electrons. The van der Waals surface area contributed by atoms with Crippen molar-refractivity contribution >= 4 is 49.3 Å². The molecule has 23 heavy (non-hydrogen) atoms. The van der Waals surface area contributed by atoms with E-state index >= 15 is 0 Å². The summed E-state index contributed by atoms with van der Waals surface area (Å²) in [6.07, 6.45) is 2.55. The number of hydrogen-bond donors (Lipinski definition) is 2. The number of likely N-dealkylation sites (tertiary alicyclic amines) is 1. The van der Waals surface area contributed by atoms with Crippen molar-refractivity contribution < 1.29 is 142 Å². The van der Waals surface area contributed by atoms with Gasteiger partial charge in [-0.2, -0.15) is 5.26 Å². The van der Waals surface area contributed by atoms with Crippen LogP contribution in [0.2, 0.25) is 0 Å². The average molecular weight is 979 g/mol. The fraction of sp³-hybridized carbons (Fsp3) is 0.667. The first kappa shape index (κ1) is 41.9. The van der Waals surface area contributed by atoms with Crippen LogP contribution in [0, 0.1) is 53.6 Å². The van der Waals surface area contributed by atoms with Crippen LogP contribution < -0.4 is 0 Å². The predicted molar refractivity (Wildman–Crippen MR) is 80.3 cm³/mol. The van der Waals surface area contributed by atoms with E-state index in [0.717, 1.165) is 10.8 Å². The summed E-state index contributed by atoms with van der Waals surface area (Å²) in [6.45, 7) is 4.53. The summed E-state index contributed by atoms with van der Waals surface area (Å²) in [5.74, 6) is -0.185. The van der Waals surface area contributed by atoms with E-state index in [1.54, 1.807) is 0 Å². The summed E-state index contributed by atoms with van der Waals surface area (Å²) in [7, 11) is -0.501. The SMILES string of the molecule is CC.N#CC1C[CH-]CN1C(=O)C([S-])SS.N=[S-](F)=[W].[U].[V].[Y].[Y]. The maximum Gasteiger partial charge on any atom is 0 e. The molecule has 0 aromatic rings. The smallest absolute Gasteiger partial charge is 0 e. The Hall–Kier alpha value is 4.62. The maximum absolute atomic E-state index is 11.5.